The van der Waals surface area contributed by atoms with Gasteiger partial charge in [-0.2, -0.15) is 0 Å². The summed E-state index contributed by atoms with van der Waals surface area (Å²) in [5.41, 5.74) is 1.29. The lowest BCUT2D eigenvalue weighted by atomic mass is 10.1. The van der Waals surface area contributed by atoms with E-state index in [9.17, 15) is 4.79 Å². The van der Waals surface area contributed by atoms with Crippen LogP contribution in [0.1, 0.15) is 16.8 Å². The fourth-order valence-corrected chi connectivity index (χ4v) is 4.38. The van der Waals surface area contributed by atoms with Gasteiger partial charge in [0.25, 0.3) is 5.91 Å². The third-order valence-corrected chi connectivity index (χ3v) is 6.01. The van der Waals surface area contributed by atoms with Crippen molar-refractivity contribution >= 4 is 32.6 Å². The van der Waals surface area contributed by atoms with Gasteiger partial charge in [-0.25, -0.2) is 4.98 Å². The van der Waals surface area contributed by atoms with Crippen molar-refractivity contribution in [1.82, 2.24) is 9.88 Å². The number of aromatic nitrogens is 1. The predicted molar refractivity (Wildman–Crippen MR) is 120 cm³/mol. The summed E-state index contributed by atoms with van der Waals surface area (Å²) in [4.78, 5) is 22.0. The molecule has 1 aliphatic heterocycles. The molecule has 0 saturated heterocycles. The molecule has 164 valence electrons. The number of ether oxygens (including phenoxy) is 4. The number of hydrogen-bond donors (Lipinski definition) is 0. The molecule has 1 aromatic heterocycles. The highest BCUT2D eigenvalue weighted by Gasteiger charge is 2.24. The van der Waals surface area contributed by atoms with Crippen LogP contribution in [0.15, 0.2) is 30.3 Å². The number of benzene rings is 2. The van der Waals surface area contributed by atoms with Gasteiger partial charge in [0.15, 0.2) is 28.1 Å². The molecule has 3 aromatic rings. The third-order valence-electron chi connectivity index (χ3n) is 4.97. The number of methoxy groups -OCH3 is 2. The second-order valence-electron chi connectivity index (χ2n) is 7.35. The Hall–Kier alpha value is -3.04. The minimum atomic E-state index is -0.140. The van der Waals surface area contributed by atoms with Crippen LogP contribution in [0.2, 0.25) is 0 Å². The largest absolute Gasteiger partial charge is 0.493 e. The number of amides is 1. The van der Waals surface area contributed by atoms with Crippen LogP contribution in [0.25, 0.3) is 10.2 Å². The predicted octanol–water partition coefficient (Wildman–Crippen LogP) is 3.64. The standard InChI is InChI=1S/C22H25N3O5S/c1-24(2)8-5-9-25(21(26)14-6-7-16(27-3)17(10-14)28-4)22-23-15-11-18-19(30-13-29-18)12-20(15)31-22/h6-7,10-12H,5,8-9,13H2,1-4H3. The Labute approximate surface area is 184 Å². The Kier molecular flexibility index (Phi) is 6.15. The highest BCUT2D eigenvalue weighted by Crippen LogP contribution is 2.40. The average Bonchev–Trinajstić information content (AvgIpc) is 3.39. The van der Waals surface area contributed by atoms with Crippen molar-refractivity contribution in [2.45, 2.75) is 6.42 Å². The van der Waals surface area contributed by atoms with Gasteiger partial charge in [-0.15, -0.1) is 0 Å². The van der Waals surface area contributed by atoms with Crippen LogP contribution in [0.5, 0.6) is 23.0 Å². The molecule has 4 rings (SSSR count). The van der Waals surface area contributed by atoms with Crippen LogP contribution >= 0.6 is 11.3 Å². The van der Waals surface area contributed by atoms with Crippen molar-refractivity contribution in [3.8, 4) is 23.0 Å². The Morgan fingerprint density at radius 1 is 1.06 bits per heavy atom. The third kappa shape index (κ3) is 4.38. The first-order valence-electron chi connectivity index (χ1n) is 9.89. The molecule has 0 saturated carbocycles. The van der Waals surface area contributed by atoms with Crippen molar-refractivity contribution < 1.29 is 23.7 Å². The first-order chi connectivity index (χ1) is 15.0. The molecule has 0 fully saturated rings. The number of thiazole rings is 1. The molecule has 1 aliphatic rings. The number of hydrogen-bond acceptors (Lipinski definition) is 8. The van der Waals surface area contributed by atoms with E-state index in [2.05, 4.69) is 4.90 Å². The lowest BCUT2D eigenvalue weighted by Crippen LogP contribution is -2.33. The monoisotopic (exact) mass is 443 g/mol. The van der Waals surface area contributed by atoms with E-state index in [-0.39, 0.29) is 12.7 Å². The van der Waals surface area contributed by atoms with Gasteiger partial charge in [0, 0.05) is 24.2 Å². The first-order valence-corrected chi connectivity index (χ1v) is 10.7. The quantitative estimate of drug-likeness (QED) is 0.526. The lowest BCUT2D eigenvalue weighted by Gasteiger charge is -2.21. The van der Waals surface area contributed by atoms with Crippen LogP contribution in [0.3, 0.4) is 0 Å². The van der Waals surface area contributed by atoms with Gasteiger partial charge in [-0.1, -0.05) is 11.3 Å². The first kappa shape index (κ1) is 21.2. The lowest BCUT2D eigenvalue weighted by molar-refractivity contribution is 0.0985. The van der Waals surface area contributed by atoms with E-state index < -0.39 is 0 Å². The molecule has 1 amide bonds. The number of rotatable bonds is 8. The molecule has 31 heavy (non-hydrogen) atoms. The number of fused-ring (bicyclic) bond motifs is 2. The minimum Gasteiger partial charge on any atom is -0.493 e. The Morgan fingerprint density at radius 2 is 1.81 bits per heavy atom. The zero-order valence-electron chi connectivity index (χ0n) is 18.0. The van der Waals surface area contributed by atoms with E-state index in [1.54, 1.807) is 37.3 Å². The molecule has 0 radical (unpaired) electrons. The Bertz CT molecular complexity index is 1060. The van der Waals surface area contributed by atoms with Crippen LogP contribution in [0, 0.1) is 0 Å². The Morgan fingerprint density at radius 3 is 2.52 bits per heavy atom. The van der Waals surface area contributed by atoms with E-state index in [0.717, 1.165) is 23.2 Å². The van der Waals surface area contributed by atoms with Gasteiger partial charge < -0.3 is 23.8 Å². The summed E-state index contributed by atoms with van der Waals surface area (Å²) in [5.74, 6) is 2.32. The summed E-state index contributed by atoms with van der Waals surface area (Å²) in [6, 6.07) is 8.95. The van der Waals surface area contributed by atoms with Crippen molar-refractivity contribution in [1.29, 1.82) is 0 Å². The molecular formula is C22H25N3O5S. The molecular weight excluding hydrogens is 418 g/mol. The van der Waals surface area contributed by atoms with Gasteiger partial charge in [-0.3, -0.25) is 9.69 Å². The van der Waals surface area contributed by atoms with Crippen LogP contribution in [-0.4, -0.2) is 64.0 Å². The maximum atomic E-state index is 13.5. The van der Waals surface area contributed by atoms with Crippen molar-refractivity contribution in [2.75, 3.05) is 53.1 Å². The number of anilines is 1. The molecule has 2 aromatic carbocycles. The van der Waals surface area contributed by atoms with E-state index in [1.165, 1.54) is 11.3 Å². The minimum absolute atomic E-state index is 0.140. The topological polar surface area (TPSA) is 73.4 Å². The number of carbonyl (C=O) groups excluding carboxylic acids is 1. The summed E-state index contributed by atoms with van der Waals surface area (Å²) in [7, 11) is 7.15. The molecule has 0 atom stereocenters. The van der Waals surface area contributed by atoms with Crippen molar-refractivity contribution in [2.24, 2.45) is 0 Å². The molecule has 0 aliphatic carbocycles. The van der Waals surface area contributed by atoms with Gasteiger partial charge in [0.05, 0.1) is 24.4 Å². The van der Waals surface area contributed by atoms with Gasteiger partial charge in [0.2, 0.25) is 6.79 Å². The smallest absolute Gasteiger partial charge is 0.260 e. The maximum absolute atomic E-state index is 13.5. The second kappa shape index (κ2) is 8.99. The molecule has 0 unspecified atom stereocenters. The van der Waals surface area contributed by atoms with E-state index in [0.29, 0.717) is 40.2 Å². The van der Waals surface area contributed by atoms with Crippen LogP contribution in [0.4, 0.5) is 5.13 Å². The number of carbonyl (C=O) groups is 1. The Balaban J connectivity index is 1.68. The van der Waals surface area contributed by atoms with Gasteiger partial charge >= 0.3 is 0 Å². The SMILES string of the molecule is COc1ccc(C(=O)N(CCCN(C)C)c2nc3cc4c(cc3s2)OCO4)cc1OC. The summed E-state index contributed by atoms with van der Waals surface area (Å²) in [5, 5.41) is 0.636. The second-order valence-corrected chi connectivity index (χ2v) is 8.36. The maximum Gasteiger partial charge on any atom is 0.260 e. The van der Waals surface area contributed by atoms with Crippen molar-refractivity contribution in [3.05, 3.63) is 35.9 Å². The summed E-state index contributed by atoms with van der Waals surface area (Å²) >= 11 is 1.46. The highest BCUT2D eigenvalue weighted by molar-refractivity contribution is 7.22. The van der Waals surface area contributed by atoms with Gasteiger partial charge in [0.1, 0.15) is 0 Å². The zero-order chi connectivity index (χ0) is 22.0. The molecule has 0 N–H and O–H groups in total. The van der Waals surface area contributed by atoms with E-state index in [4.69, 9.17) is 23.9 Å². The van der Waals surface area contributed by atoms with E-state index in [1.807, 2.05) is 26.2 Å². The molecule has 2 heterocycles. The van der Waals surface area contributed by atoms with Crippen molar-refractivity contribution in [3.63, 3.8) is 0 Å². The molecule has 9 heteroatoms. The molecule has 0 spiro atoms. The molecule has 0 bridgehead atoms. The van der Waals surface area contributed by atoms with Crippen LogP contribution < -0.4 is 23.8 Å². The molecule has 8 nitrogen and oxygen atoms in total. The average molecular weight is 444 g/mol. The fourth-order valence-electron chi connectivity index (χ4n) is 3.38. The van der Waals surface area contributed by atoms with Gasteiger partial charge in [-0.05, 0) is 45.3 Å². The summed E-state index contributed by atoms with van der Waals surface area (Å²) in [6.07, 6.45) is 0.810. The van der Waals surface area contributed by atoms with Crippen LogP contribution in [-0.2, 0) is 0 Å². The zero-order valence-corrected chi connectivity index (χ0v) is 18.8. The summed E-state index contributed by atoms with van der Waals surface area (Å²) < 4.78 is 22.6. The highest BCUT2D eigenvalue weighted by atomic mass is 32.1. The normalized spacial score (nSPS) is 12.4. The number of nitrogens with zero attached hydrogens (tertiary/aromatic N) is 3. The van der Waals surface area contributed by atoms with E-state index >= 15 is 0 Å². The summed E-state index contributed by atoms with van der Waals surface area (Å²) in [6.45, 7) is 1.61. The fraction of sp³-hybridized carbons (Fsp3) is 0.364.